The first-order valence-electron chi connectivity index (χ1n) is 9.50. The van der Waals surface area contributed by atoms with E-state index in [-0.39, 0.29) is 17.9 Å². The van der Waals surface area contributed by atoms with Crippen molar-refractivity contribution in [3.05, 3.63) is 29.8 Å². The average Bonchev–Trinajstić information content (AvgIpc) is 2.66. The van der Waals surface area contributed by atoms with Gasteiger partial charge in [0.15, 0.2) is 0 Å². The lowest BCUT2D eigenvalue weighted by Gasteiger charge is -2.31. The zero-order valence-electron chi connectivity index (χ0n) is 16.2. The fraction of sp³-hybridized carbons (Fsp3) is 0.650. The van der Waals surface area contributed by atoms with E-state index in [1.54, 1.807) is 0 Å². The van der Waals surface area contributed by atoms with Crippen LogP contribution in [-0.4, -0.2) is 56.3 Å². The van der Waals surface area contributed by atoms with Gasteiger partial charge >= 0.3 is 0 Å². The van der Waals surface area contributed by atoms with E-state index in [0.717, 1.165) is 43.9 Å². The van der Waals surface area contributed by atoms with Crippen LogP contribution < -0.4 is 15.8 Å². The molecule has 1 aromatic rings. The van der Waals surface area contributed by atoms with Gasteiger partial charge in [0.1, 0.15) is 12.4 Å². The molecule has 26 heavy (non-hydrogen) atoms. The molecule has 2 unspecified atom stereocenters. The fourth-order valence-corrected chi connectivity index (χ4v) is 2.95. The molecule has 1 fully saturated rings. The molecule has 1 aromatic carbocycles. The molecular formula is C20H33N3O3. The van der Waals surface area contributed by atoms with Crippen molar-refractivity contribution < 1.29 is 14.3 Å². The molecule has 1 aliphatic heterocycles. The largest absolute Gasteiger partial charge is 0.492 e. The Hall–Kier alpha value is -1.63. The van der Waals surface area contributed by atoms with Gasteiger partial charge in [-0.05, 0) is 44.5 Å². The third-order valence-corrected chi connectivity index (χ3v) is 5.09. The molecule has 3 N–H and O–H groups in total. The number of ether oxygens (including phenoxy) is 2. The van der Waals surface area contributed by atoms with E-state index in [1.807, 2.05) is 38.1 Å². The van der Waals surface area contributed by atoms with E-state index in [0.29, 0.717) is 19.2 Å². The molecular weight excluding hydrogens is 330 g/mol. The Morgan fingerprint density at radius 2 is 2.12 bits per heavy atom. The Labute approximate surface area is 157 Å². The Morgan fingerprint density at radius 1 is 1.38 bits per heavy atom. The maximum absolute atomic E-state index is 12.0. The molecule has 2 rings (SSSR count). The zero-order valence-corrected chi connectivity index (χ0v) is 16.2. The quantitative estimate of drug-likeness (QED) is 0.699. The molecule has 1 heterocycles. The van der Waals surface area contributed by atoms with Gasteiger partial charge in [-0.15, -0.1) is 0 Å². The van der Waals surface area contributed by atoms with Gasteiger partial charge in [0.25, 0.3) is 0 Å². The Morgan fingerprint density at radius 3 is 2.81 bits per heavy atom. The van der Waals surface area contributed by atoms with Crippen LogP contribution in [0.15, 0.2) is 24.3 Å². The topological polar surface area (TPSA) is 76.8 Å². The second-order valence-electron chi connectivity index (χ2n) is 7.19. The maximum atomic E-state index is 12.0. The summed E-state index contributed by atoms with van der Waals surface area (Å²) in [5.74, 6) is 0.608. The summed E-state index contributed by atoms with van der Waals surface area (Å²) in [5, 5.41) is 2.93. The van der Waals surface area contributed by atoms with Crippen molar-refractivity contribution in [1.82, 2.24) is 10.2 Å². The van der Waals surface area contributed by atoms with Crippen LogP contribution in [0.3, 0.4) is 0 Å². The minimum absolute atomic E-state index is 0.0237. The van der Waals surface area contributed by atoms with E-state index in [1.165, 1.54) is 0 Å². The smallest absolute Gasteiger partial charge is 0.224 e. The molecule has 2 atom stereocenters. The zero-order chi connectivity index (χ0) is 18.9. The Balaban J connectivity index is 1.75. The summed E-state index contributed by atoms with van der Waals surface area (Å²) in [4.78, 5) is 14.4. The van der Waals surface area contributed by atoms with Crippen LogP contribution in [0, 0.1) is 5.92 Å². The number of likely N-dealkylation sites (N-methyl/N-ethyl adjacent to an activating group) is 1. The highest BCUT2D eigenvalue weighted by Crippen LogP contribution is 2.15. The summed E-state index contributed by atoms with van der Waals surface area (Å²) in [5.41, 5.74) is 6.79. The summed E-state index contributed by atoms with van der Waals surface area (Å²) >= 11 is 0. The molecule has 0 spiro atoms. The molecule has 6 nitrogen and oxygen atoms in total. The summed E-state index contributed by atoms with van der Waals surface area (Å²) in [6, 6.07) is 8.29. The van der Waals surface area contributed by atoms with Gasteiger partial charge in [-0.3, -0.25) is 9.69 Å². The number of hydrogen-bond acceptors (Lipinski definition) is 5. The van der Waals surface area contributed by atoms with Crippen molar-refractivity contribution in [1.29, 1.82) is 0 Å². The van der Waals surface area contributed by atoms with Gasteiger partial charge < -0.3 is 20.5 Å². The molecule has 0 aromatic heterocycles. The van der Waals surface area contributed by atoms with Crippen LogP contribution in [0.4, 0.5) is 0 Å². The number of benzene rings is 1. The van der Waals surface area contributed by atoms with Gasteiger partial charge in [-0.1, -0.05) is 19.1 Å². The number of amides is 1. The molecule has 1 saturated heterocycles. The van der Waals surface area contributed by atoms with Crippen LogP contribution in [-0.2, 0) is 16.1 Å². The number of carbonyl (C=O) groups is 1. The van der Waals surface area contributed by atoms with Gasteiger partial charge in [0.05, 0.1) is 0 Å². The third kappa shape index (κ3) is 6.59. The third-order valence-electron chi connectivity index (χ3n) is 5.09. The van der Waals surface area contributed by atoms with Gasteiger partial charge in [0, 0.05) is 44.3 Å². The van der Waals surface area contributed by atoms with Crippen LogP contribution in [0.25, 0.3) is 0 Å². The monoisotopic (exact) mass is 363 g/mol. The first-order valence-corrected chi connectivity index (χ1v) is 9.50. The van der Waals surface area contributed by atoms with E-state index < -0.39 is 0 Å². The predicted molar refractivity (Wildman–Crippen MR) is 103 cm³/mol. The molecule has 146 valence electrons. The second kappa shape index (κ2) is 10.5. The van der Waals surface area contributed by atoms with Crippen LogP contribution >= 0.6 is 0 Å². The molecule has 1 amide bonds. The molecule has 6 heteroatoms. The summed E-state index contributed by atoms with van der Waals surface area (Å²) < 4.78 is 11.3. The summed E-state index contributed by atoms with van der Waals surface area (Å²) in [6.07, 6.45) is 2.18. The van der Waals surface area contributed by atoms with Gasteiger partial charge in [0.2, 0.25) is 5.91 Å². The van der Waals surface area contributed by atoms with Crippen molar-refractivity contribution in [2.24, 2.45) is 11.7 Å². The van der Waals surface area contributed by atoms with Gasteiger partial charge in [-0.25, -0.2) is 0 Å². The molecule has 1 aliphatic rings. The number of nitrogens with two attached hydrogens (primary N) is 1. The first kappa shape index (κ1) is 20.7. The van der Waals surface area contributed by atoms with E-state index >= 15 is 0 Å². The SMILES string of the molecule is CC(N)C(C)C(=O)NCc1cccc(OCCN(C)C2CCOCC2)c1. The molecule has 0 saturated carbocycles. The highest BCUT2D eigenvalue weighted by Gasteiger charge is 2.18. The maximum Gasteiger partial charge on any atom is 0.224 e. The Bertz CT molecular complexity index is 559. The van der Waals surface area contributed by atoms with E-state index in [4.69, 9.17) is 15.2 Å². The average molecular weight is 364 g/mol. The standard InChI is InChI=1S/C20H33N3O3/c1-15(16(2)21)20(24)22-14-17-5-4-6-19(13-17)26-12-9-23(3)18-7-10-25-11-8-18/h4-6,13,15-16,18H,7-12,14,21H2,1-3H3,(H,22,24). The fourth-order valence-electron chi connectivity index (χ4n) is 2.95. The van der Waals surface area contributed by atoms with Gasteiger partial charge in [-0.2, -0.15) is 0 Å². The lowest BCUT2D eigenvalue weighted by molar-refractivity contribution is -0.125. The highest BCUT2D eigenvalue weighted by molar-refractivity contribution is 5.78. The molecule has 0 radical (unpaired) electrons. The van der Waals surface area contributed by atoms with Crippen LogP contribution in [0.5, 0.6) is 5.75 Å². The summed E-state index contributed by atoms with van der Waals surface area (Å²) in [6.45, 7) is 7.40. The molecule has 0 aliphatic carbocycles. The minimum Gasteiger partial charge on any atom is -0.492 e. The number of carbonyl (C=O) groups excluding carboxylic acids is 1. The van der Waals surface area contributed by atoms with E-state index in [2.05, 4.69) is 17.3 Å². The van der Waals surface area contributed by atoms with Crippen LogP contribution in [0.2, 0.25) is 0 Å². The van der Waals surface area contributed by atoms with Crippen molar-refractivity contribution in [2.75, 3.05) is 33.4 Å². The van der Waals surface area contributed by atoms with Crippen LogP contribution in [0.1, 0.15) is 32.3 Å². The van der Waals surface area contributed by atoms with Crippen molar-refractivity contribution >= 4 is 5.91 Å². The minimum atomic E-state index is -0.199. The summed E-state index contributed by atoms with van der Waals surface area (Å²) in [7, 11) is 2.14. The van der Waals surface area contributed by atoms with Crippen molar-refractivity contribution in [3.63, 3.8) is 0 Å². The lowest BCUT2D eigenvalue weighted by Crippen LogP contribution is -2.38. The lowest BCUT2D eigenvalue weighted by atomic mass is 10.0. The normalized spacial score (nSPS) is 17.7. The molecule has 0 bridgehead atoms. The highest BCUT2D eigenvalue weighted by atomic mass is 16.5. The number of nitrogens with one attached hydrogen (secondary N) is 1. The Kier molecular flexibility index (Phi) is 8.35. The van der Waals surface area contributed by atoms with Crippen molar-refractivity contribution in [2.45, 2.75) is 45.3 Å². The number of nitrogens with zero attached hydrogens (tertiary/aromatic N) is 1. The second-order valence-corrected chi connectivity index (χ2v) is 7.19. The first-order chi connectivity index (χ1) is 12.5. The number of rotatable bonds is 9. The number of hydrogen-bond donors (Lipinski definition) is 2. The predicted octanol–water partition coefficient (Wildman–Crippen LogP) is 1.78. The van der Waals surface area contributed by atoms with E-state index in [9.17, 15) is 4.79 Å². The van der Waals surface area contributed by atoms with Crippen molar-refractivity contribution in [3.8, 4) is 5.75 Å².